The van der Waals surface area contributed by atoms with Crippen molar-refractivity contribution in [1.29, 1.82) is 0 Å². The molecule has 0 radical (unpaired) electrons. The number of hydrogen-bond acceptors (Lipinski definition) is 5. The molecule has 1 aliphatic rings. The standard InChI is InChI=1S/C20H22N4O4.ClH/c1-3-21-9-11-6-10-7-13-14(8-15(10)24(11)2)22-5-4-12-17(13)23-19(26)16(18(12)25)20(27)28;/h6-8,21-22H,3-5,9H2,1-2H3,(H,27,28)(H2,23,25,26);1H. The molecule has 0 saturated heterocycles. The SMILES string of the molecule is CCNCc1cc2cc3c(cc2n1C)NCCc1c-3[nH]c(=O)c(C(=O)O)c1O.Cl. The zero-order valence-corrected chi connectivity index (χ0v) is 16.9. The van der Waals surface area contributed by atoms with Crippen molar-refractivity contribution in [2.24, 2.45) is 7.05 Å². The van der Waals surface area contributed by atoms with Gasteiger partial charge in [-0.3, -0.25) is 4.79 Å². The maximum absolute atomic E-state index is 12.3. The third kappa shape index (κ3) is 3.34. The van der Waals surface area contributed by atoms with Crippen LogP contribution in [-0.2, 0) is 20.0 Å². The van der Waals surface area contributed by atoms with Crippen molar-refractivity contribution in [1.82, 2.24) is 14.9 Å². The number of nitrogens with zero attached hydrogens (tertiary/aromatic N) is 1. The smallest absolute Gasteiger partial charge is 0.345 e. The van der Waals surface area contributed by atoms with E-state index in [1.54, 1.807) is 0 Å². The summed E-state index contributed by atoms with van der Waals surface area (Å²) in [6.45, 7) is 4.19. The highest BCUT2D eigenvalue weighted by molar-refractivity contribution is 5.96. The zero-order chi connectivity index (χ0) is 20.0. The van der Waals surface area contributed by atoms with Crippen molar-refractivity contribution in [2.45, 2.75) is 19.9 Å². The number of aromatic nitrogens is 2. The molecule has 0 fully saturated rings. The number of nitrogens with one attached hydrogen (secondary N) is 3. The Hall–Kier alpha value is -2.97. The highest BCUT2D eigenvalue weighted by Crippen LogP contribution is 2.39. The summed E-state index contributed by atoms with van der Waals surface area (Å²) in [6.07, 6.45) is 0.398. The minimum absolute atomic E-state index is 0. The van der Waals surface area contributed by atoms with Gasteiger partial charge in [-0.2, -0.15) is 0 Å². The molecule has 0 bridgehead atoms. The summed E-state index contributed by atoms with van der Waals surface area (Å²) in [4.78, 5) is 26.3. The molecule has 0 atom stereocenters. The predicted octanol–water partition coefficient (Wildman–Crippen LogP) is 2.44. The van der Waals surface area contributed by atoms with Crippen molar-refractivity contribution < 1.29 is 15.0 Å². The fourth-order valence-corrected chi connectivity index (χ4v) is 3.84. The van der Waals surface area contributed by atoms with Gasteiger partial charge in [-0.15, -0.1) is 12.4 Å². The number of aromatic carboxylic acids is 1. The van der Waals surface area contributed by atoms with Gasteiger partial charge in [-0.05, 0) is 31.2 Å². The Morgan fingerprint density at radius 3 is 2.76 bits per heavy atom. The summed E-state index contributed by atoms with van der Waals surface area (Å²) in [5.74, 6) is -1.90. The van der Waals surface area contributed by atoms with Gasteiger partial charge in [0.2, 0.25) is 0 Å². The molecule has 0 amide bonds. The van der Waals surface area contributed by atoms with Crippen LogP contribution in [0, 0.1) is 0 Å². The van der Waals surface area contributed by atoms with Crippen molar-refractivity contribution >= 4 is 35.0 Å². The van der Waals surface area contributed by atoms with Gasteiger partial charge in [-0.1, -0.05) is 6.92 Å². The Balaban J connectivity index is 0.00000240. The predicted molar refractivity (Wildman–Crippen MR) is 114 cm³/mol. The van der Waals surface area contributed by atoms with Gasteiger partial charge in [0.15, 0.2) is 5.56 Å². The molecule has 1 aliphatic heterocycles. The minimum Gasteiger partial charge on any atom is -0.506 e. The second-order valence-electron chi connectivity index (χ2n) is 6.94. The lowest BCUT2D eigenvalue weighted by Crippen LogP contribution is -2.20. The Labute approximate surface area is 173 Å². The Bertz CT molecular complexity index is 1170. The maximum atomic E-state index is 12.3. The van der Waals surface area contributed by atoms with Crippen molar-refractivity contribution in [2.75, 3.05) is 18.4 Å². The van der Waals surface area contributed by atoms with Gasteiger partial charge in [0, 0.05) is 48.0 Å². The van der Waals surface area contributed by atoms with E-state index >= 15 is 0 Å². The summed E-state index contributed by atoms with van der Waals surface area (Å²) >= 11 is 0. The van der Waals surface area contributed by atoms with Gasteiger partial charge in [-0.25, -0.2) is 4.79 Å². The largest absolute Gasteiger partial charge is 0.506 e. The number of carboxylic acids is 1. The van der Waals surface area contributed by atoms with Gasteiger partial charge < -0.3 is 30.4 Å². The summed E-state index contributed by atoms with van der Waals surface area (Å²) in [7, 11) is 2.01. The third-order valence-corrected chi connectivity index (χ3v) is 5.30. The Kier molecular flexibility index (Phi) is 5.59. The van der Waals surface area contributed by atoms with E-state index in [1.807, 2.05) is 19.2 Å². The quantitative estimate of drug-likeness (QED) is 0.444. The lowest BCUT2D eigenvalue weighted by atomic mass is 9.99. The van der Waals surface area contributed by atoms with Gasteiger partial charge in [0.25, 0.3) is 5.56 Å². The third-order valence-electron chi connectivity index (χ3n) is 5.30. The van der Waals surface area contributed by atoms with Crippen molar-refractivity contribution in [3.63, 3.8) is 0 Å². The van der Waals surface area contributed by atoms with E-state index in [4.69, 9.17) is 0 Å². The van der Waals surface area contributed by atoms with E-state index in [0.29, 0.717) is 24.2 Å². The molecule has 154 valence electrons. The number of halogens is 1. The van der Waals surface area contributed by atoms with E-state index in [9.17, 15) is 19.8 Å². The molecule has 8 nitrogen and oxygen atoms in total. The van der Waals surface area contributed by atoms with Gasteiger partial charge in [0.05, 0.1) is 11.2 Å². The fourth-order valence-electron chi connectivity index (χ4n) is 3.84. The van der Waals surface area contributed by atoms with E-state index in [-0.39, 0.29) is 12.4 Å². The Morgan fingerprint density at radius 1 is 1.31 bits per heavy atom. The van der Waals surface area contributed by atoms with Gasteiger partial charge in [0.1, 0.15) is 5.75 Å². The number of carboxylic acid groups (broad SMARTS) is 1. The topological polar surface area (TPSA) is 119 Å². The monoisotopic (exact) mass is 418 g/mol. The molecule has 4 rings (SSSR count). The first kappa shape index (κ1) is 20.8. The number of aromatic amines is 1. The van der Waals surface area contributed by atoms with E-state index in [2.05, 4.69) is 33.2 Å². The van der Waals surface area contributed by atoms with Crippen LogP contribution in [0.25, 0.3) is 22.2 Å². The fraction of sp³-hybridized carbons (Fsp3) is 0.300. The first-order chi connectivity index (χ1) is 13.4. The zero-order valence-electron chi connectivity index (χ0n) is 16.1. The number of aromatic hydroxyl groups is 1. The van der Waals surface area contributed by atoms with Crippen LogP contribution in [-0.4, -0.2) is 38.8 Å². The highest BCUT2D eigenvalue weighted by Gasteiger charge is 2.26. The summed E-state index contributed by atoms with van der Waals surface area (Å²) in [5, 5.41) is 27.4. The molecule has 9 heteroatoms. The number of benzene rings is 1. The molecular formula is C20H23ClN4O4. The molecule has 0 saturated carbocycles. The lowest BCUT2D eigenvalue weighted by molar-refractivity contribution is 0.0691. The first-order valence-corrected chi connectivity index (χ1v) is 9.21. The summed E-state index contributed by atoms with van der Waals surface area (Å²) in [5.41, 5.74) is 3.24. The highest BCUT2D eigenvalue weighted by atomic mass is 35.5. The molecule has 3 aromatic rings. The van der Waals surface area contributed by atoms with Crippen LogP contribution in [0.4, 0.5) is 5.69 Å². The number of rotatable bonds is 4. The van der Waals surface area contributed by atoms with Crippen LogP contribution in [0.5, 0.6) is 5.75 Å². The molecule has 1 aromatic carbocycles. The number of fused-ring (bicyclic) bond motifs is 4. The van der Waals surface area contributed by atoms with Crippen LogP contribution in [0.3, 0.4) is 0 Å². The van der Waals surface area contributed by atoms with Crippen molar-refractivity contribution in [3.05, 3.63) is 45.4 Å². The second-order valence-corrected chi connectivity index (χ2v) is 6.94. The summed E-state index contributed by atoms with van der Waals surface area (Å²) < 4.78 is 2.12. The van der Waals surface area contributed by atoms with E-state index < -0.39 is 22.8 Å². The lowest BCUT2D eigenvalue weighted by Gasteiger charge is -2.12. The molecular weight excluding hydrogens is 396 g/mol. The van der Waals surface area contributed by atoms with Crippen LogP contribution in [0.15, 0.2) is 23.0 Å². The minimum atomic E-state index is -1.44. The second kappa shape index (κ2) is 7.81. The number of anilines is 1. The number of aryl methyl sites for hydroxylation is 1. The first-order valence-electron chi connectivity index (χ1n) is 9.21. The number of hydrogen-bond donors (Lipinski definition) is 5. The Morgan fingerprint density at radius 2 is 2.07 bits per heavy atom. The van der Waals surface area contributed by atoms with Crippen LogP contribution >= 0.6 is 12.4 Å². The maximum Gasteiger partial charge on any atom is 0.345 e. The van der Waals surface area contributed by atoms with Crippen LogP contribution in [0.2, 0.25) is 0 Å². The average Bonchev–Trinajstić information content (AvgIpc) is 2.83. The molecule has 0 spiro atoms. The van der Waals surface area contributed by atoms with Crippen LogP contribution < -0.4 is 16.2 Å². The number of pyridine rings is 1. The normalized spacial score (nSPS) is 12.5. The average molecular weight is 419 g/mol. The van der Waals surface area contributed by atoms with E-state index in [0.717, 1.165) is 40.9 Å². The van der Waals surface area contributed by atoms with E-state index in [1.165, 1.54) is 0 Å². The number of H-pyrrole nitrogens is 1. The number of carbonyl (C=O) groups is 1. The molecule has 29 heavy (non-hydrogen) atoms. The summed E-state index contributed by atoms with van der Waals surface area (Å²) in [6, 6.07) is 6.08. The van der Waals surface area contributed by atoms with Crippen LogP contribution in [0.1, 0.15) is 28.5 Å². The molecule has 5 N–H and O–H groups in total. The molecule has 2 aromatic heterocycles. The molecule has 3 heterocycles. The van der Waals surface area contributed by atoms with Crippen molar-refractivity contribution in [3.8, 4) is 17.0 Å². The molecule has 0 unspecified atom stereocenters. The molecule has 0 aliphatic carbocycles. The van der Waals surface area contributed by atoms with Gasteiger partial charge >= 0.3 is 5.97 Å².